The number of amides is 1. The van der Waals surface area contributed by atoms with Gasteiger partial charge >= 0.3 is 5.97 Å². The molecule has 6 nitrogen and oxygen atoms in total. The zero-order valence-corrected chi connectivity index (χ0v) is 14.6. The van der Waals surface area contributed by atoms with E-state index in [9.17, 15) is 19.1 Å². The molecule has 26 heavy (non-hydrogen) atoms. The molecule has 3 atom stereocenters. The molecule has 1 aliphatic heterocycles. The van der Waals surface area contributed by atoms with Gasteiger partial charge in [-0.15, -0.1) is 0 Å². The second kappa shape index (κ2) is 7.86. The summed E-state index contributed by atoms with van der Waals surface area (Å²) in [6, 6.07) is 3.26. The van der Waals surface area contributed by atoms with E-state index in [1.165, 1.54) is 12.1 Å². The Balaban J connectivity index is 1.59. The third-order valence-corrected chi connectivity index (χ3v) is 4.80. The summed E-state index contributed by atoms with van der Waals surface area (Å²) in [4.78, 5) is 26.6. The fourth-order valence-corrected chi connectivity index (χ4v) is 3.40. The van der Waals surface area contributed by atoms with E-state index < -0.39 is 12.0 Å². The molecule has 1 aromatic carbocycles. The predicted molar refractivity (Wildman–Crippen MR) is 94.3 cm³/mol. The van der Waals surface area contributed by atoms with Gasteiger partial charge in [-0.2, -0.15) is 0 Å². The van der Waals surface area contributed by atoms with E-state index in [1.54, 1.807) is 12.3 Å². The van der Waals surface area contributed by atoms with Gasteiger partial charge in [0.15, 0.2) is 0 Å². The molecule has 7 heteroatoms. The standard InChI is InChI=1S/C19H23FN2O4/c1-11-2-4-14(26-11)5-7-18(23)22-17(19(24)25)8-12-10-21-16-9-13(20)3-6-15(12)16/h3,6,9-11,14,17,21H,2,4-5,7-8H2,1H3,(H,22,23)(H,24,25)/t11-,14+,17-/m1/s1. The molecule has 0 unspecified atom stereocenters. The van der Waals surface area contributed by atoms with Crippen LogP contribution in [0.25, 0.3) is 10.9 Å². The SMILES string of the molecule is C[C@@H]1CC[C@@H](CCC(=O)N[C@H](Cc2c[nH]c3cc(F)ccc23)C(=O)O)O1. The first-order valence-electron chi connectivity index (χ1n) is 8.85. The van der Waals surface area contributed by atoms with Crippen molar-refractivity contribution < 1.29 is 23.8 Å². The molecule has 2 heterocycles. The van der Waals surface area contributed by atoms with Crippen LogP contribution in [0, 0.1) is 5.82 Å². The molecule has 1 fully saturated rings. The van der Waals surface area contributed by atoms with Gasteiger partial charge < -0.3 is 20.1 Å². The molecular weight excluding hydrogens is 339 g/mol. The molecule has 1 saturated heterocycles. The summed E-state index contributed by atoms with van der Waals surface area (Å²) in [6.07, 6.45) is 4.83. The number of carboxylic acid groups (broad SMARTS) is 1. The highest BCUT2D eigenvalue weighted by Crippen LogP contribution is 2.23. The number of rotatable bonds is 7. The van der Waals surface area contributed by atoms with Crippen molar-refractivity contribution in [3.63, 3.8) is 0 Å². The van der Waals surface area contributed by atoms with Crippen molar-refractivity contribution in [2.75, 3.05) is 0 Å². The zero-order chi connectivity index (χ0) is 18.7. The predicted octanol–water partition coefficient (Wildman–Crippen LogP) is 2.77. The average Bonchev–Trinajstić information content (AvgIpc) is 3.18. The number of carbonyl (C=O) groups is 2. The van der Waals surface area contributed by atoms with Crippen LogP contribution in [0.15, 0.2) is 24.4 Å². The maximum Gasteiger partial charge on any atom is 0.326 e. The van der Waals surface area contributed by atoms with Crippen LogP contribution in [0.3, 0.4) is 0 Å². The first-order valence-corrected chi connectivity index (χ1v) is 8.85. The van der Waals surface area contributed by atoms with Crippen LogP contribution in [0.5, 0.6) is 0 Å². The van der Waals surface area contributed by atoms with Crippen molar-refractivity contribution in [3.8, 4) is 0 Å². The molecule has 3 N–H and O–H groups in total. The Hall–Kier alpha value is -2.41. The lowest BCUT2D eigenvalue weighted by atomic mass is 10.0. The minimum Gasteiger partial charge on any atom is -0.480 e. The summed E-state index contributed by atoms with van der Waals surface area (Å²) in [6.45, 7) is 2.01. The summed E-state index contributed by atoms with van der Waals surface area (Å²) in [5, 5.41) is 12.8. The minimum absolute atomic E-state index is 0.0718. The summed E-state index contributed by atoms with van der Waals surface area (Å²) < 4.78 is 18.9. The Kier molecular flexibility index (Phi) is 5.56. The van der Waals surface area contributed by atoms with E-state index in [0.717, 1.165) is 23.8 Å². The summed E-state index contributed by atoms with van der Waals surface area (Å²) in [5.74, 6) is -1.76. The molecule has 0 radical (unpaired) electrons. The molecule has 1 amide bonds. The normalized spacial score (nSPS) is 21.0. The fourth-order valence-electron chi connectivity index (χ4n) is 3.40. The van der Waals surface area contributed by atoms with Gasteiger partial charge in [0.2, 0.25) is 5.91 Å². The lowest BCUT2D eigenvalue weighted by Gasteiger charge is -2.15. The van der Waals surface area contributed by atoms with Crippen LogP contribution in [0.4, 0.5) is 4.39 Å². The molecular formula is C19H23FN2O4. The highest BCUT2D eigenvalue weighted by Gasteiger charge is 2.25. The molecule has 0 spiro atoms. The van der Waals surface area contributed by atoms with Crippen molar-refractivity contribution in [1.82, 2.24) is 10.3 Å². The van der Waals surface area contributed by atoms with E-state index >= 15 is 0 Å². The third-order valence-electron chi connectivity index (χ3n) is 4.80. The number of ether oxygens (including phenoxy) is 1. The molecule has 2 aromatic rings. The van der Waals surface area contributed by atoms with Gasteiger partial charge in [-0.05, 0) is 49.9 Å². The van der Waals surface area contributed by atoms with E-state index in [1.807, 2.05) is 6.92 Å². The third kappa shape index (κ3) is 4.40. The first kappa shape index (κ1) is 18.4. The summed E-state index contributed by atoms with van der Waals surface area (Å²) >= 11 is 0. The summed E-state index contributed by atoms with van der Waals surface area (Å²) in [7, 11) is 0. The van der Waals surface area contributed by atoms with Crippen molar-refractivity contribution in [2.45, 2.75) is 57.3 Å². The van der Waals surface area contributed by atoms with Crippen molar-refractivity contribution in [2.24, 2.45) is 0 Å². The van der Waals surface area contributed by atoms with Gasteiger partial charge in [-0.3, -0.25) is 4.79 Å². The highest BCUT2D eigenvalue weighted by molar-refractivity contribution is 5.86. The van der Waals surface area contributed by atoms with Crippen molar-refractivity contribution in [3.05, 3.63) is 35.8 Å². The number of hydrogen-bond acceptors (Lipinski definition) is 3. The minimum atomic E-state index is -1.10. The number of benzene rings is 1. The van der Waals surface area contributed by atoms with Crippen LogP contribution in [0.1, 0.15) is 38.2 Å². The van der Waals surface area contributed by atoms with Gasteiger partial charge in [0.05, 0.1) is 12.2 Å². The number of aliphatic carboxylic acids is 1. The quantitative estimate of drug-likeness (QED) is 0.706. The Bertz CT molecular complexity index is 804. The molecule has 0 saturated carbocycles. The smallest absolute Gasteiger partial charge is 0.326 e. The van der Waals surface area contributed by atoms with Crippen LogP contribution in [-0.2, 0) is 20.7 Å². The molecule has 0 bridgehead atoms. The topological polar surface area (TPSA) is 91.4 Å². The number of fused-ring (bicyclic) bond motifs is 1. The fraction of sp³-hybridized carbons (Fsp3) is 0.474. The molecule has 1 aromatic heterocycles. The first-order chi connectivity index (χ1) is 12.4. The molecule has 3 rings (SSSR count). The van der Waals surface area contributed by atoms with E-state index in [-0.39, 0.29) is 36.8 Å². The lowest BCUT2D eigenvalue weighted by molar-refractivity contribution is -0.141. The van der Waals surface area contributed by atoms with Gasteiger partial charge in [0.1, 0.15) is 11.9 Å². The average molecular weight is 362 g/mol. The summed E-state index contributed by atoms with van der Waals surface area (Å²) in [5.41, 5.74) is 1.32. The second-order valence-corrected chi connectivity index (χ2v) is 6.85. The number of carbonyl (C=O) groups excluding carboxylic acids is 1. The zero-order valence-electron chi connectivity index (χ0n) is 14.6. The maximum atomic E-state index is 13.3. The highest BCUT2D eigenvalue weighted by atomic mass is 19.1. The number of halogens is 1. The maximum absolute atomic E-state index is 13.3. The lowest BCUT2D eigenvalue weighted by Crippen LogP contribution is -2.42. The molecule has 140 valence electrons. The number of nitrogens with one attached hydrogen (secondary N) is 2. The Labute approximate surface area is 150 Å². The second-order valence-electron chi connectivity index (χ2n) is 6.85. The molecule has 1 aliphatic rings. The number of carboxylic acids is 1. The Morgan fingerprint density at radius 3 is 2.92 bits per heavy atom. The van der Waals surface area contributed by atoms with E-state index in [2.05, 4.69) is 10.3 Å². The van der Waals surface area contributed by atoms with Crippen LogP contribution in [0.2, 0.25) is 0 Å². The van der Waals surface area contributed by atoms with Crippen LogP contribution < -0.4 is 5.32 Å². The largest absolute Gasteiger partial charge is 0.480 e. The van der Waals surface area contributed by atoms with Gasteiger partial charge in [0.25, 0.3) is 0 Å². The number of aromatic amines is 1. The molecule has 0 aliphatic carbocycles. The number of aromatic nitrogens is 1. The van der Waals surface area contributed by atoms with Gasteiger partial charge in [-0.25, -0.2) is 9.18 Å². The van der Waals surface area contributed by atoms with Crippen molar-refractivity contribution in [1.29, 1.82) is 0 Å². The Morgan fingerprint density at radius 1 is 1.42 bits per heavy atom. The Morgan fingerprint density at radius 2 is 2.23 bits per heavy atom. The van der Waals surface area contributed by atoms with Crippen LogP contribution in [-0.4, -0.2) is 40.2 Å². The van der Waals surface area contributed by atoms with Crippen molar-refractivity contribution >= 4 is 22.8 Å². The van der Waals surface area contributed by atoms with E-state index in [0.29, 0.717) is 11.9 Å². The van der Waals surface area contributed by atoms with E-state index in [4.69, 9.17) is 4.74 Å². The number of H-pyrrole nitrogens is 1. The van der Waals surface area contributed by atoms with Crippen LogP contribution >= 0.6 is 0 Å². The van der Waals surface area contributed by atoms with Gasteiger partial charge in [-0.1, -0.05) is 0 Å². The number of hydrogen-bond donors (Lipinski definition) is 3. The van der Waals surface area contributed by atoms with Gasteiger partial charge in [0, 0.05) is 29.9 Å². The monoisotopic (exact) mass is 362 g/mol.